The molecule has 0 aliphatic heterocycles. The third kappa shape index (κ3) is 6.02. The summed E-state index contributed by atoms with van der Waals surface area (Å²) < 4.78 is 27.8. The number of aryl methyl sites for hydroxylation is 1. The number of nitrogens with one attached hydrogen (secondary N) is 1. The van der Waals surface area contributed by atoms with Crippen LogP contribution in [0.15, 0.2) is 41.6 Å². The van der Waals surface area contributed by atoms with E-state index in [2.05, 4.69) is 44.9 Å². The summed E-state index contributed by atoms with van der Waals surface area (Å²) >= 11 is 0. The van der Waals surface area contributed by atoms with Crippen LogP contribution in [0.3, 0.4) is 0 Å². The fourth-order valence-electron chi connectivity index (χ4n) is 3.82. The Morgan fingerprint density at radius 1 is 1.14 bits per heavy atom. The van der Waals surface area contributed by atoms with E-state index in [1.807, 2.05) is 19.9 Å². The second-order valence-corrected chi connectivity index (χ2v) is 15.7. The van der Waals surface area contributed by atoms with Gasteiger partial charge in [-0.1, -0.05) is 19.6 Å². The van der Waals surface area contributed by atoms with Gasteiger partial charge < -0.3 is 14.8 Å². The van der Waals surface area contributed by atoms with Gasteiger partial charge in [0.15, 0.2) is 5.65 Å². The molecule has 10 nitrogen and oxygen atoms in total. The quantitative estimate of drug-likeness (QED) is 0.238. The first-order chi connectivity index (χ1) is 17.6. The number of ether oxygens (including phenoxy) is 2. The van der Waals surface area contributed by atoms with Crippen molar-refractivity contribution in [2.24, 2.45) is 0 Å². The van der Waals surface area contributed by atoms with E-state index in [-0.39, 0.29) is 18.4 Å². The highest BCUT2D eigenvalue weighted by atomic mass is 28.3. The van der Waals surface area contributed by atoms with Gasteiger partial charge in [-0.25, -0.2) is 19.2 Å². The SMILES string of the molecule is COc1ncc(C)cc1Nc1ncc2c(n1)n([C@H](C)c1ccc(F)cn1)c(=O)n2COCC[Si](C)(C)C. The summed E-state index contributed by atoms with van der Waals surface area (Å²) in [5, 5.41) is 3.14. The van der Waals surface area contributed by atoms with Crippen molar-refractivity contribution in [3.05, 3.63) is 64.3 Å². The number of halogens is 1. The molecular formula is C25H32FN7O3Si. The molecule has 1 N–H and O–H groups in total. The predicted molar refractivity (Wildman–Crippen MR) is 143 cm³/mol. The molecule has 0 aromatic carbocycles. The number of hydrogen-bond acceptors (Lipinski definition) is 8. The summed E-state index contributed by atoms with van der Waals surface area (Å²) in [6.07, 6.45) is 4.42. The minimum Gasteiger partial charge on any atom is -0.480 e. The molecule has 0 fully saturated rings. The number of fused-ring (bicyclic) bond motifs is 1. The van der Waals surface area contributed by atoms with Crippen molar-refractivity contribution in [1.29, 1.82) is 0 Å². The van der Waals surface area contributed by atoms with Gasteiger partial charge in [-0.2, -0.15) is 4.98 Å². The van der Waals surface area contributed by atoms with Crippen LogP contribution in [-0.2, 0) is 11.5 Å². The van der Waals surface area contributed by atoms with Crippen LogP contribution in [0.5, 0.6) is 5.88 Å². The minimum absolute atomic E-state index is 0.0716. The summed E-state index contributed by atoms with van der Waals surface area (Å²) in [6.45, 7) is 11.2. The monoisotopic (exact) mass is 525 g/mol. The number of rotatable bonds is 10. The molecule has 4 heterocycles. The molecular weight excluding hydrogens is 493 g/mol. The number of anilines is 2. The average Bonchev–Trinajstić information content (AvgIpc) is 3.12. The Morgan fingerprint density at radius 2 is 1.92 bits per heavy atom. The highest BCUT2D eigenvalue weighted by Crippen LogP contribution is 2.26. The summed E-state index contributed by atoms with van der Waals surface area (Å²) in [7, 11) is 0.246. The molecule has 0 spiro atoms. The maximum atomic E-state index is 13.6. The lowest BCUT2D eigenvalue weighted by atomic mass is 10.2. The van der Waals surface area contributed by atoms with Crippen molar-refractivity contribution in [2.75, 3.05) is 19.0 Å². The maximum absolute atomic E-state index is 13.6. The van der Waals surface area contributed by atoms with Gasteiger partial charge in [-0.3, -0.25) is 14.1 Å². The van der Waals surface area contributed by atoms with Gasteiger partial charge in [0.2, 0.25) is 11.8 Å². The van der Waals surface area contributed by atoms with E-state index < -0.39 is 19.9 Å². The summed E-state index contributed by atoms with van der Waals surface area (Å²) in [5.41, 5.74) is 2.65. The number of aromatic nitrogens is 6. The van der Waals surface area contributed by atoms with Crippen molar-refractivity contribution >= 4 is 30.9 Å². The van der Waals surface area contributed by atoms with Crippen molar-refractivity contribution in [1.82, 2.24) is 29.1 Å². The molecule has 0 radical (unpaired) electrons. The highest BCUT2D eigenvalue weighted by Gasteiger charge is 2.23. The normalized spacial score (nSPS) is 12.6. The summed E-state index contributed by atoms with van der Waals surface area (Å²) in [4.78, 5) is 31.2. The molecule has 0 aliphatic rings. The van der Waals surface area contributed by atoms with Crippen LogP contribution in [-0.4, -0.2) is 50.9 Å². The van der Waals surface area contributed by atoms with E-state index in [1.165, 1.54) is 22.3 Å². The Morgan fingerprint density at radius 3 is 2.59 bits per heavy atom. The van der Waals surface area contributed by atoms with Gasteiger partial charge in [0.1, 0.15) is 23.8 Å². The molecule has 1 atom stereocenters. The van der Waals surface area contributed by atoms with Crippen LogP contribution in [0.4, 0.5) is 16.0 Å². The van der Waals surface area contributed by atoms with Crippen LogP contribution in [0.1, 0.15) is 24.2 Å². The molecule has 0 unspecified atom stereocenters. The van der Waals surface area contributed by atoms with Crippen molar-refractivity contribution < 1.29 is 13.9 Å². The Balaban J connectivity index is 1.76. The van der Waals surface area contributed by atoms with Crippen LogP contribution < -0.4 is 15.7 Å². The topological polar surface area (TPSA) is 109 Å². The van der Waals surface area contributed by atoms with Crippen molar-refractivity contribution in [2.45, 2.75) is 52.3 Å². The lowest BCUT2D eigenvalue weighted by molar-refractivity contribution is 0.0870. The molecule has 4 aromatic rings. The fraction of sp³-hybridized carbons (Fsp3) is 0.400. The average molecular weight is 526 g/mol. The molecule has 0 saturated carbocycles. The molecule has 12 heteroatoms. The molecule has 0 amide bonds. The van der Waals surface area contributed by atoms with Gasteiger partial charge in [-0.05, 0) is 43.7 Å². The first-order valence-corrected chi connectivity index (χ1v) is 15.7. The Kier molecular flexibility index (Phi) is 7.69. The van der Waals surface area contributed by atoms with Gasteiger partial charge in [0, 0.05) is 20.9 Å². The molecule has 37 heavy (non-hydrogen) atoms. The van der Waals surface area contributed by atoms with Gasteiger partial charge in [0.25, 0.3) is 0 Å². The summed E-state index contributed by atoms with van der Waals surface area (Å²) in [5.74, 6) is 0.211. The molecule has 4 rings (SSSR count). The van der Waals surface area contributed by atoms with E-state index in [4.69, 9.17) is 9.47 Å². The van der Waals surface area contributed by atoms with Crippen LogP contribution in [0.25, 0.3) is 11.2 Å². The Labute approximate surface area is 215 Å². The number of hydrogen-bond donors (Lipinski definition) is 1. The zero-order valence-corrected chi connectivity index (χ0v) is 22.9. The molecule has 0 saturated heterocycles. The minimum atomic E-state index is -1.29. The molecule has 4 aromatic heterocycles. The second-order valence-electron chi connectivity index (χ2n) is 10.1. The van der Waals surface area contributed by atoms with E-state index in [0.717, 1.165) is 17.8 Å². The third-order valence-corrected chi connectivity index (χ3v) is 7.62. The van der Waals surface area contributed by atoms with E-state index in [1.54, 1.807) is 18.5 Å². The summed E-state index contributed by atoms with van der Waals surface area (Å²) in [6, 6.07) is 5.21. The van der Waals surface area contributed by atoms with Crippen LogP contribution in [0, 0.1) is 12.7 Å². The first kappa shape index (κ1) is 26.4. The van der Waals surface area contributed by atoms with Crippen molar-refractivity contribution in [3.63, 3.8) is 0 Å². The highest BCUT2D eigenvalue weighted by molar-refractivity contribution is 6.76. The van der Waals surface area contributed by atoms with Crippen LogP contribution in [0.2, 0.25) is 25.7 Å². The number of methoxy groups -OCH3 is 1. The largest absolute Gasteiger partial charge is 0.480 e. The third-order valence-electron chi connectivity index (χ3n) is 5.92. The molecule has 0 aliphatic carbocycles. The van der Waals surface area contributed by atoms with Gasteiger partial charge >= 0.3 is 5.69 Å². The smallest absolute Gasteiger partial charge is 0.332 e. The number of pyridine rings is 2. The lowest BCUT2D eigenvalue weighted by Gasteiger charge is -2.15. The fourth-order valence-corrected chi connectivity index (χ4v) is 4.58. The predicted octanol–water partition coefficient (Wildman–Crippen LogP) is 4.50. The number of nitrogens with zero attached hydrogens (tertiary/aromatic N) is 6. The van der Waals surface area contributed by atoms with E-state index in [0.29, 0.717) is 35.0 Å². The molecule has 0 bridgehead atoms. The van der Waals surface area contributed by atoms with Gasteiger partial charge in [0.05, 0.1) is 31.2 Å². The lowest BCUT2D eigenvalue weighted by Crippen LogP contribution is -2.29. The zero-order chi connectivity index (χ0) is 26.7. The maximum Gasteiger partial charge on any atom is 0.332 e. The van der Waals surface area contributed by atoms with Crippen molar-refractivity contribution in [3.8, 4) is 5.88 Å². The Hall–Kier alpha value is -3.64. The van der Waals surface area contributed by atoms with Crippen LogP contribution >= 0.6 is 0 Å². The second kappa shape index (κ2) is 10.8. The standard InChI is InChI=1S/C25H32FN7O3Si/c1-16-11-20(23(35-3)28-12-16)30-24-29-14-21-22(31-24)33(17(2)19-8-7-18(26)13-27-19)25(34)32(21)15-36-9-10-37(4,5)6/h7-8,11-14,17H,9-10,15H2,1-6H3,(H,29,30,31)/t17-/m1/s1. The van der Waals surface area contributed by atoms with E-state index >= 15 is 0 Å². The Bertz CT molecular complexity index is 1450. The van der Waals surface area contributed by atoms with Gasteiger partial charge in [-0.15, -0.1) is 0 Å². The zero-order valence-electron chi connectivity index (χ0n) is 21.9. The number of imidazole rings is 1. The van der Waals surface area contributed by atoms with E-state index in [9.17, 15) is 9.18 Å². The first-order valence-electron chi connectivity index (χ1n) is 12.0. The molecule has 196 valence electrons.